The number of aromatic carboxylic acids is 1. The number of nitrogens with one attached hydrogen (secondary N) is 2. The molecule has 0 bridgehead atoms. The van der Waals surface area contributed by atoms with E-state index in [4.69, 9.17) is 21.1 Å². The minimum absolute atomic E-state index is 0.0562. The fourth-order valence-corrected chi connectivity index (χ4v) is 4.53. The van der Waals surface area contributed by atoms with Crippen LogP contribution in [0.4, 0.5) is 10.1 Å². The highest BCUT2D eigenvalue weighted by atomic mass is 35.5. The zero-order chi connectivity index (χ0) is 27.7. The van der Waals surface area contributed by atoms with Gasteiger partial charge in [-0.15, -0.1) is 0 Å². The molecule has 5 aromatic rings. The van der Waals surface area contributed by atoms with Crippen molar-refractivity contribution in [1.29, 1.82) is 0 Å². The first-order valence-corrected chi connectivity index (χ1v) is 12.0. The van der Waals surface area contributed by atoms with Gasteiger partial charge in [0.15, 0.2) is 11.6 Å². The number of aromatic nitrogens is 2. The molecule has 0 saturated carbocycles. The minimum Gasteiger partial charge on any atom is -0.497 e. The van der Waals surface area contributed by atoms with Crippen LogP contribution in [-0.2, 0) is 0 Å². The number of aromatic amines is 1. The molecule has 0 aliphatic rings. The van der Waals surface area contributed by atoms with Gasteiger partial charge in [-0.2, -0.15) is 0 Å². The Morgan fingerprint density at radius 2 is 1.74 bits per heavy atom. The average molecular weight is 546 g/mol. The molecule has 8 nitrogen and oxygen atoms in total. The van der Waals surface area contributed by atoms with Gasteiger partial charge in [0.1, 0.15) is 11.6 Å². The number of H-pyrrole nitrogens is 1. The summed E-state index contributed by atoms with van der Waals surface area (Å²) >= 11 is 6.59. The van der Waals surface area contributed by atoms with Gasteiger partial charge in [-0.1, -0.05) is 29.8 Å². The zero-order valence-electron chi connectivity index (χ0n) is 20.7. The number of carbonyl (C=O) groups is 2. The van der Waals surface area contributed by atoms with Gasteiger partial charge in [-0.05, 0) is 48.0 Å². The van der Waals surface area contributed by atoms with Crippen molar-refractivity contribution in [1.82, 2.24) is 9.97 Å². The van der Waals surface area contributed by atoms with E-state index in [1.54, 1.807) is 42.5 Å². The van der Waals surface area contributed by atoms with Crippen molar-refractivity contribution < 1.29 is 28.6 Å². The van der Waals surface area contributed by atoms with E-state index in [0.717, 1.165) is 0 Å². The van der Waals surface area contributed by atoms with Crippen molar-refractivity contribution in [2.75, 3.05) is 19.5 Å². The van der Waals surface area contributed by atoms with Gasteiger partial charge in [0.25, 0.3) is 5.91 Å². The summed E-state index contributed by atoms with van der Waals surface area (Å²) in [5.41, 5.74) is 2.60. The second-order valence-electron chi connectivity index (χ2n) is 8.50. The number of hydrogen-bond acceptors (Lipinski definition) is 5. The predicted octanol–water partition coefficient (Wildman–Crippen LogP) is 6.66. The molecule has 0 spiro atoms. The third-order valence-electron chi connectivity index (χ3n) is 6.15. The number of halogens is 2. The third kappa shape index (κ3) is 4.99. The summed E-state index contributed by atoms with van der Waals surface area (Å²) in [6, 6.07) is 18.9. The van der Waals surface area contributed by atoms with Crippen molar-refractivity contribution in [3.63, 3.8) is 0 Å². The summed E-state index contributed by atoms with van der Waals surface area (Å²) in [5.74, 6) is -1.25. The van der Waals surface area contributed by atoms with Crippen LogP contribution in [0.25, 0.3) is 33.5 Å². The number of benzene rings is 4. The maximum Gasteiger partial charge on any atom is 0.336 e. The predicted molar refractivity (Wildman–Crippen MR) is 146 cm³/mol. The molecular formula is C29H21ClFN3O5. The number of methoxy groups -OCH3 is 2. The Hall–Kier alpha value is -4.89. The third-order valence-corrected chi connectivity index (χ3v) is 6.47. The molecule has 1 aromatic heterocycles. The Kier molecular flexibility index (Phi) is 6.91. The monoisotopic (exact) mass is 545 g/mol. The largest absolute Gasteiger partial charge is 0.497 e. The minimum atomic E-state index is -1.24. The zero-order valence-corrected chi connectivity index (χ0v) is 21.5. The van der Waals surface area contributed by atoms with Crippen molar-refractivity contribution in [3.8, 4) is 34.0 Å². The lowest BCUT2D eigenvalue weighted by Crippen LogP contribution is -2.13. The second kappa shape index (κ2) is 10.5. The first kappa shape index (κ1) is 25.7. The molecule has 10 heteroatoms. The fourth-order valence-electron chi connectivity index (χ4n) is 4.25. The number of fused-ring (bicyclic) bond motifs is 1. The Morgan fingerprint density at radius 3 is 2.44 bits per heavy atom. The van der Waals surface area contributed by atoms with E-state index in [1.165, 1.54) is 44.6 Å². The summed E-state index contributed by atoms with van der Waals surface area (Å²) in [6.07, 6.45) is 0. The first-order chi connectivity index (χ1) is 18.8. The fraction of sp³-hybridized carbons (Fsp3) is 0.0690. The second-order valence-corrected chi connectivity index (χ2v) is 8.91. The van der Waals surface area contributed by atoms with Gasteiger partial charge in [0.05, 0.1) is 30.8 Å². The molecule has 0 aliphatic carbocycles. The van der Waals surface area contributed by atoms with Gasteiger partial charge in [0.2, 0.25) is 0 Å². The normalized spacial score (nSPS) is 10.9. The quantitative estimate of drug-likeness (QED) is 0.211. The molecule has 0 saturated heterocycles. The van der Waals surface area contributed by atoms with Crippen LogP contribution in [-0.4, -0.2) is 41.2 Å². The van der Waals surface area contributed by atoms with Gasteiger partial charge < -0.3 is 24.9 Å². The van der Waals surface area contributed by atoms with Gasteiger partial charge in [-0.25, -0.2) is 14.2 Å². The maximum absolute atomic E-state index is 14.3. The number of ether oxygens (including phenoxy) is 2. The summed E-state index contributed by atoms with van der Waals surface area (Å²) in [4.78, 5) is 32.9. The van der Waals surface area contributed by atoms with Crippen LogP contribution in [0.2, 0.25) is 5.02 Å². The molecule has 0 fully saturated rings. The molecule has 0 atom stereocenters. The molecule has 1 amide bonds. The smallest absolute Gasteiger partial charge is 0.336 e. The highest BCUT2D eigenvalue weighted by Gasteiger charge is 2.22. The number of carbonyl (C=O) groups excluding carboxylic acids is 1. The van der Waals surface area contributed by atoms with Crippen molar-refractivity contribution in [3.05, 3.63) is 94.8 Å². The van der Waals surface area contributed by atoms with Crippen LogP contribution in [0.3, 0.4) is 0 Å². The average Bonchev–Trinajstić information content (AvgIpc) is 3.35. The lowest BCUT2D eigenvalue weighted by Gasteiger charge is -2.14. The van der Waals surface area contributed by atoms with Gasteiger partial charge >= 0.3 is 5.97 Å². The number of rotatable bonds is 7. The number of imidazole rings is 1. The summed E-state index contributed by atoms with van der Waals surface area (Å²) in [7, 11) is 2.91. The summed E-state index contributed by atoms with van der Waals surface area (Å²) in [5, 5.41) is 13.1. The van der Waals surface area contributed by atoms with E-state index in [1.807, 2.05) is 0 Å². The lowest BCUT2D eigenvalue weighted by molar-refractivity contribution is 0.0697. The van der Waals surface area contributed by atoms with Crippen LogP contribution in [0.1, 0.15) is 20.7 Å². The molecule has 196 valence electrons. The number of carboxylic acid groups (broad SMARTS) is 1. The standard InChI is InChI=1S/C29H21ClFN3O5/c1-38-17-9-7-16(8-10-17)32-28(35)15-6-11-18(20(12-15)29(36)37)26-19(4-3-5-21(26)30)27-33-23-13-22(31)25(39-2)14-24(23)34-27/h3-14H,1-2H3,(H,32,35)(H,33,34)(H,36,37). The van der Waals surface area contributed by atoms with E-state index in [2.05, 4.69) is 15.3 Å². The molecule has 3 N–H and O–H groups in total. The number of amides is 1. The van der Waals surface area contributed by atoms with Crippen LogP contribution >= 0.6 is 11.6 Å². The van der Waals surface area contributed by atoms with E-state index in [0.29, 0.717) is 39.4 Å². The molecule has 4 aromatic carbocycles. The molecule has 39 heavy (non-hydrogen) atoms. The molecule has 0 aliphatic heterocycles. The molecular weight excluding hydrogens is 525 g/mol. The van der Waals surface area contributed by atoms with Crippen molar-refractivity contribution in [2.24, 2.45) is 0 Å². The van der Waals surface area contributed by atoms with E-state index < -0.39 is 17.7 Å². The van der Waals surface area contributed by atoms with Crippen molar-refractivity contribution >= 4 is 40.2 Å². The highest BCUT2D eigenvalue weighted by molar-refractivity contribution is 6.34. The Labute approximate surface area is 227 Å². The Bertz CT molecular complexity index is 1730. The van der Waals surface area contributed by atoms with Gasteiger partial charge in [0, 0.05) is 39.5 Å². The Morgan fingerprint density at radius 1 is 0.974 bits per heavy atom. The van der Waals surface area contributed by atoms with Crippen LogP contribution in [0.15, 0.2) is 72.8 Å². The topological polar surface area (TPSA) is 114 Å². The van der Waals surface area contributed by atoms with Crippen LogP contribution in [0, 0.1) is 5.82 Å². The van der Waals surface area contributed by atoms with E-state index in [9.17, 15) is 19.1 Å². The van der Waals surface area contributed by atoms with E-state index in [-0.39, 0.29) is 27.5 Å². The summed E-state index contributed by atoms with van der Waals surface area (Å²) < 4.78 is 24.4. The van der Waals surface area contributed by atoms with Crippen LogP contribution < -0.4 is 14.8 Å². The molecule has 0 radical (unpaired) electrons. The lowest BCUT2D eigenvalue weighted by atomic mass is 9.93. The number of anilines is 1. The number of carboxylic acids is 1. The van der Waals surface area contributed by atoms with Crippen LogP contribution in [0.5, 0.6) is 11.5 Å². The van der Waals surface area contributed by atoms with E-state index >= 15 is 0 Å². The SMILES string of the molecule is COc1ccc(NC(=O)c2ccc(-c3c(Cl)cccc3-c3nc4cc(F)c(OC)cc4[nH]3)c(C(=O)O)c2)cc1. The number of nitrogens with zero attached hydrogens (tertiary/aromatic N) is 1. The first-order valence-electron chi connectivity index (χ1n) is 11.6. The maximum atomic E-state index is 14.3. The Balaban J connectivity index is 1.57. The van der Waals surface area contributed by atoms with Crippen molar-refractivity contribution in [2.45, 2.75) is 0 Å². The highest BCUT2D eigenvalue weighted by Crippen LogP contribution is 2.39. The molecule has 5 rings (SSSR count). The molecule has 0 unspecified atom stereocenters. The number of hydrogen-bond donors (Lipinski definition) is 3. The molecule has 1 heterocycles. The van der Waals surface area contributed by atoms with Gasteiger partial charge in [-0.3, -0.25) is 4.79 Å². The summed E-state index contributed by atoms with van der Waals surface area (Å²) in [6.45, 7) is 0.